The van der Waals surface area contributed by atoms with Crippen LogP contribution in [0.3, 0.4) is 0 Å². The van der Waals surface area contributed by atoms with Gasteiger partial charge >= 0.3 is 0 Å². The second-order valence-corrected chi connectivity index (χ2v) is 11.2. The van der Waals surface area contributed by atoms with Gasteiger partial charge in [-0.05, 0) is 90.1 Å². The van der Waals surface area contributed by atoms with Crippen LogP contribution in [-0.2, 0) is 6.54 Å². The lowest BCUT2D eigenvalue weighted by atomic mass is 9.69. The zero-order valence-corrected chi connectivity index (χ0v) is 21.9. The summed E-state index contributed by atoms with van der Waals surface area (Å²) in [6, 6.07) is 16.3. The summed E-state index contributed by atoms with van der Waals surface area (Å²) in [5, 5.41) is 14.1. The number of aromatic nitrogens is 5. The van der Waals surface area contributed by atoms with Gasteiger partial charge in [-0.15, -0.1) is 5.10 Å². The summed E-state index contributed by atoms with van der Waals surface area (Å²) >= 11 is 0. The first-order chi connectivity index (χ1) is 18.0. The van der Waals surface area contributed by atoms with Crippen molar-refractivity contribution in [2.24, 2.45) is 5.41 Å². The summed E-state index contributed by atoms with van der Waals surface area (Å²) in [5.74, 6) is 0.741. The van der Waals surface area contributed by atoms with Crippen LogP contribution in [-0.4, -0.2) is 43.2 Å². The van der Waals surface area contributed by atoms with E-state index in [0.29, 0.717) is 12.0 Å². The van der Waals surface area contributed by atoms with Crippen LogP contribution in [0.2, 0.25) is 0 Å². The van der Waals surface area contributed by atoms with Crippen molar-refractivity contribution in [1.82, 2.24) is 30.1 Å². The first kappa shape index (κ1) is 24.0. The lowest BCUT2D eigenvalue weighted by Gasteiger charge is -2.47. The highest BCUT2D eigenvalue weighted by atomic mass is 16.1. The van der Waals surface area contributed by atoms with Gasteiger partial charge in [-0.3, -0.25) is 9.69 Å². The molecule has 0 bridgehead atoms. The van der Waals surface area contributed by atoms with Gasteiger partial charge in [0.15, 0.2) is 5.82 Å². The SMILES string of the molecule is Cc1ccc2cc([C@@H](c3nnnn3Cc3ccccc3)N3CCCC4(CCCCC4)C3)c(=O)[nH]c2c1C. The van der Waals surface area contributed by atoms with Gasteiger partial charge in [-0.1, -0.05) is 61.7 Å². The van der Waals surface area contributed by atoms with Gasteiger partial charge in [0, 0.05) is 12.1 Å². The maximum Gasteiger partial charge on any atom is 0.253 e. The van der Waals surface area contributed by atoms with E-state index in [-0.39, 0.29) is 11.6 Å². The standard InChI is InChI=1S/C30H36N6O/c1-21-12-13-24-18-25(29(37)31-26(24)22(21)2)27(35-17-9-16-30(20-35)14-7-4-8-15-30)28-32-33-34-36(28)19-23-10-5-3-6-11-23/h3,5-6,10-13,18,27H,4,7-9,14-17,19-20H2,1-2H3,(H,31,37)/t27-/m0/s1. The van der Waals surface area contributed by atoms with Crippen molar-refractivity contribution < 1.29 is 0 Å². The third-order valence-corrected chi connectivity index (χ3v) is 8.82. The molecule has 6 rings (SSSR count). The molecule has 1 saturated heterocycles. The Labute approximate surface area is 217 Å². The number of nitrogens with one attached hydrogen (secondary N) is 1. The van der Waals surface area contributed by atoms with Crippen LogP contribution in [0.4, 0.5) is 0 Å². The summed E-state index contributed by atoms with van der Waals surface area (Å²) in [7, 11) is 0. The lowest BCUT2D eigenvalue weighted by molar-refractivity contribution is 0.0340. The number of benzene rings is 2. The van der Waals surface area contributed by atoms with Crippen molar-refractivity contribution >= 4 is 10.9 Å². The second-order valence-electron chi connectivity index (χ2n) is 11.2. The van der Waals surface area contributed by atoms with Crippen LogP contribution in [0.1, 0.15) is 79.1 Å². The average Bonchev–Trinajstić information content (AvgIpc) is 3.36. The highest BCUT2D eigenvalue weighted by Crippen LogP contribution is 2.45. The number of piperidine rings is 1. The number of H-pyrrole nitrogens is 1. The first-order valence-corrected chi connectivity index (χ1v) is 13.7. The third kappa shape index (κ3) is 4.61. The summed E-state index contributed by atoms with van der Waals surface area (Å²) in [4.78, 5) is 19.5. The molecule has 2 aliphatic rings. The van der Waals surface area contributed by atoms with E-state index in [0.717, 1.165) is 52.9 Å². The maximum absolute atomic E-state index is 13.8. The number of hydrogen-bond acceptors (Lipinski definition) is 5. The minimum absolute atomic E-state index is 0.0521. The molecular weight excluding hydrogens is 460 g/mol. The van der Waals surface area contributed by atoms with Gasteiger partial charge < -0.3 is 4.98 Å². The topological polar surface area (TPSA) is 79.7 Å². The Hall–Kier alpha value is -3.32. The number of fused-ring (bicyclic) bond motifs is 1. The molecule has 7 nitrogen and oxygen atoms in total. The number of likely N-dealkylation sites (tertiary alicyclic amines) is 1. The van der Waals surface area contributed by atoms with Crippen LogP contribution in [0, 0.1) is 19.3 Å². The molecule has 1 spiro atoms. The molecule has 4 aromatic rings. The summed E-state index contributed by atoms with van der Waals surface area (Å²) in [5.41, 5.74) is 5.36. The highest BCUT2D eigenvalue weighted by Gasteiger charge is 2.41. The van der Waals surface area contributed by atoms with E-state index in [4.69, 9.17) is 0 Å². The van der Waals surface area contributed by atoms with E-state index in [1.54, 1.807) is 0 Å². The fourth-order valence-electron chi connectivity index (χ4n) is 6.70. The third-order valence-electron chi connectivity index (χ3n) is 8.82. The largest absolute Gasteiger partial charge is 0.321 e. The molecule has 2 aromatic carbocycles. The first-order valence-electron chi connectivity index (χ1n) is 13.7. The number of aromatic amines is 1. The molecule has 2 aromatic heterocycles. The number of tetrazole rings is 1. The summed E-state index contributed by atoms with van der Waals surface area (Å²) in [6.45, 7) is 6.65. The zero-order valence-electron chi connectivity index (χ0n) is 21.9. The van der Waals surface area contributed by atoms with E-state index in [9.17, 15) is 4.79 Å². The Balaban J connectivity index is 1.47. The van der Waals surface area contributed by atoms with Crippen molar-refractivity contribution in [3.05, 3.63) is 87.0 Å². The Morgan fingerprint density at radius 1 is 1.00 bits per heavy atom. The molecule has 1 N–H and O–H groups in total. The summed E-state index contributed by atoms with van der Waals surface area (Å²) < 4.78 is 1.88. The Bertz CT molecular complexity index is 1440. The molecule has 7 heteroatoms. The molecular formula is C30H36N6O. The van der Waals surface area contributed by atoms with Crippen LogP contribution >= 0.6 is 0 Å². The Morgan fingerprint density at radius 3 is 2.59 bits per heavy atom. The molecule has 3 heterocycles. The monoisotopic (exact) mass is 496 g/mol. The molecule has 1 aliphatic heterocycles. The van der Waals surface area contributed by atoms with Crippen LogP contribution in [0.25, 0.3) is 10.9 Å². The number of nitrogens with zero attached hydrogens (tertiary/aromatic N) is 5. The van der Waals surface area contributed by atoms with Crippen molar-refractivity contribution in [3.8, 4) is 0 Å². The van der Waals surface area contributed by atoms with Gasteiger partial charge in [-0.25, -0.2) is 4.68 Å². The van der Waals surface area contributed by atoms with E-state index in [2.05, 4.69) is 69.6 Å². The number of hydrogen-bond donors (Lipinski definition) is 1. The minimum Gasteiger partial charge on any atom is -0.321 e. The average molecular weight is 497 g/mol. The van der Waals surface area contributed by atoms with Crippen LogP contribution < -0.4 is 5.56 Å². The van der Waals surface area contributed by atoms with E-state index < -0.39 is 0 Å². The molecule has 2 fully saturated rings. The smallest absolute Gasteiger partial charge is 0.253 e. The van der Waals surface area contributed by atoms with Gasteiger partial charge in [0.05, 0.1) is 12.1 Å². The normalized spacial score (nSPS) is 18.9. The van der Waals surface area contributed by atoms with Crippen molar-refractivity contribution in [2.45, 2.75) is 71.4 Å². The molecule has 192 valence electrons. The van der Waals surface area contributed by atoms with Gasteiger partial charge in [0.25, 0.3) is 5.56 Å². The second kappa shape index (κ2) is 9.86. The van der Waals surface area contributed by atoms with Crippen molar-refractivity contribution in [3.63, 3.8) is 0 Å². The van der Waals surface area contributed by atoms with Crippen LogP contribution in [0.15, 0.2) is 53.3 Å². The minimum atomic E-state index is -0.299. The molecule has 0 amide bonds. The number of aryl methyl sites for hydroxylation is 2. The quantitative estimate of drug-likeness (QED) is 0.405. The number of pyridine rings is 1. The van der Waals surface area contributed by atoms with E-state index in [1.165, 1.54) is 44.1 Å². The zero-order chi connectivity index (χ0) is 25.4. The van der Waals surface area contributed by atoms with Crippen molar-refractivity contribution in [2.75, 3.05) is 13.1 Å². The molecule has 1 saturated carbocycles. The molecule has 1 atom stereocenters. The Morgan fingerprint density at radius 2 is 1.78 bits per heavy atom. The fourth-order valence-corrected chi connectivity index (χ4v) is 6.70. The summed E-state index contributed by atoms with van der Waals surface area (Å²) in [6.07, 6.45) is 8.91. The predicted molar refractivity (Wildman–Crippen MR) is 146 cm³/mol. The molecule has 1 aliphatic carbocycles. The predicted octanol–water partition coefficient (Wildman–Crippen LogP) is 5.32. The van der Waals surface area contributed by atoms with Gasteiger partial charge in [0.1, 0.15) is 6.04 Å². The van der Waals surface area contributed by atoms with Gasteiger partial charge in [-0.2, -0.15) is 0 Å². The maximum atomic E-state index is 13.8. The van der Waals surface area contributed by atoms with E-state index >= 15 is 0 Å². The molecule has 37 heavy (non-hydrogen) atoms. The van der Waals surface area contributed by atoms with Crippen LogP contribution in [0.5, 0.6) is 0 Å². The lowest BCUT2D eigenvalue weighted by Crippen LogP contribution is -2.47. The molecule has 0 radical (unpaired) electrons. The molecule has 0 unspecified atom stereocenters. The van der Waals surface area contributed by atoms with Gasteiger partial charge in [0.2, 0.25) is 0 Å². The van der Waals surface area contributed by atoms with Crippen molar-refractivity contribution in [1.29, 1.82) is 0 Å². The number of rotatable bonds is 5. The highest BCUT2D eigenvalue weighted by molar-refractivity contribution is 5.83. The Kier molecular flexibility index (Phi) is 6.41. The fraction of sp³-hybridized carbons (Fsp3) is 0.467. The van der Waals surface area contributed by atoms with E-state index in [1.807, 2.05) is 22.9 Å².